The van der Waals surface area contributed by atoms with Gasteiger partial charge in [0.2, 0.25) is 0 Å². The minimum atomic E-state index is -1.15. The van der Waals surface area contributed by atoms with Gasteiger partial charge in [-0.1, -0.05) is 102 Å². The second kappa shape index (κ2) is 8.57. The molecule has 33 heavy (non-hydrogen) atoms. The fourth-order valence-electron chi connectivity index (χ4n) is 4.29. The van der Waals surface area contributed by atoms with Crippen molar-refractivity contribution in [2.24, 2.45) is 4.99 Å². The van der Waals surface area contributed by atoms with E-state index in [-0.39, 0.29) is 0 Å². The van der Waals surface area contributed by atoms with E-state index in [9.17, 15) is 10.1 Å². The maximum atomic E-state index is 11.1. The van der Waals surface area contributed by atoms with Crippen LogP contribution in [0.15, 0.2) is 120 Å². The Morgan fingerprint density at radius 2 is 1.24 bits per heavy atom. The Bertz CT molecular complexity index is 1260. The maximum absolute atomic E-state index is 11.1. The lowest BCUT2D eigenvalue weighted by molar-refractivity contribution is -0.852. The zero-order chi connectivity index (χ0) is 22.7. The number of hydroxylamine groups is 1. The molecule has 0 unspecified atom stereocenters. The van der Waals surface area contributed by atoms with Crippen LogP contribution in [0.3, 0.4) is 0 Å². The van der Waals surface area contributed by atoms with E-state index in [1.165, 1.54) is 5.06 Å². The lowest BCUT2D eigenvalue weighted by atomic mass is 9.78. The van der Waals surface area contributed by atoms with E-state index in [4.69, 9.17) is 9.98 Å². The molecule has 162 valence electrons. The van der Waals surface area contributed by atoms with Gasteiger partial charge in [-0.05, 0) is 29.3 Å². The van der Waals surface area contributed by atoms with Gasteiger partial charge in [0.05, 0.1) is 17.1 Å². The fraction of sp³-hybridized carbons (Fsp3) is 0.0385. The van der Waals surface area contributed by atoms with Crippen LogP contribution in [0, 0.1) is 10.1 Å². The first-order valence-electron chi connectivity index (χ1n) is 10.4. The van der Waals surface area contributed by atoms with E-state index in [1.807, 2.05) is 115 Å². The van der Waals surface area contributed by atoms with Crippen LogP contribution in [-0.4, -0.2) is 10.8 Å². The minimum Gasteiger partial charge on any atom is -0.249 e. The van der Waals surface area contributed by atoms with Crippen LogP contribution in [0.2, 0.25) is 0 Å². The zero-order valence-electron chi connectivity index (χ0n) is 17.4. The Morgan fingerprint density at radius 3 is 1.82 bits per heavy atom. The average molecular weight is 437 g/mol. The largest absolute Gasteiger partial charge is 0.324 e. The predicted octanol–water partition coefficient (Wildman–Crippen LogP) is 5.63. The van der Waals surface area contributed by atoms with Gasteiger partial charge in [-0.2, -0.15) is 0 Å². The third-order valence-corrected chi connectivity index (χ3v) is 5.57. The smallest absolute Gasteiger partial charge is 0.249 e. The van der Waals surface area contributed by atoms with Gasteiger partial charge >= 0.3 is 5.09 Å². The number of rotatable bonds is 6. The molecule has 0 fully saturated rings. The number of hydrogen-bond donors (Lipinski definition) is 0. The van der Waals surface area contributed by atoms with E-state index in [1.54, 1.807) is 0 Å². The summed E-state index contributed by atoms with van der Waals surface area (Å²) in [5, 5.41) is 11.6. The molecule has 0 radical (unpaired) electrons. The van der Waals surface area contributed by atoms with Crippen molar-refractivity contribution in [3.8, 4) is 0 Å². The highest BCUT2D eigenvalue weighted by Gasteiger charge is 2.54. The van der Waals surface area contributed by atoms with Crippen molar-refractivity contribution < 1.29 is 15.1 Å². The highest BCUT2D eigenvalue weighted by Crippen LogP contribution is 2.50. The van der Waals surface area contributed by atoms with E-state index in [2.05, 4.69) is 4.99 Å². The van der Waals surface area contributed by atoms with E-state index >= 15 is 0 Å². The number of nitrogens with zero attached hydrogens (tertiary/aromatic N) is 3. The Hall–Kier alpha value is -4.49. The standard InChI is InChI=1S/C26H19N3O4/c30-29(31)33-32-28-24-19-11-10-18-23(24)25(27-22-16-8-3-9-17-22)26(28,20-12-4-1-5-13-20)21-14-6-2-7-15-21/h1-19H. The third kappa shape index (κ3) is 3.50. The van der Waals surface area contributed by atoms with Gasteiger partial charge in [0.15, 0.2) is 5.54 Å². The summed E-state index contributed by atoms with van der Waals surface area (Å²) in [6.45, 7) is 0. The minimum absolute atomic E-state index is 0.599. The molecule has 0 saturated carbocycles. The van der Waals surface area contributed by atoms with Crippen molar-refractivity contribution in [2.45, 2.75) is 5.54 Å². The van der Waals surface area contributed by atoms with Crippen molar-refractivity contribution in [3.63, 3.8) is 0 Å². The van der Waals surface area contributed by atoms with Gasteiger partial charge in [0.1, 0.15) is 0 Å². The summed E-state index contributed by atoms with van der Waals surface area (Å²) in [7, 11) is 0. The Balaban J connectivity index is 1.87. The van der Waals surface area contributed by atoms with Crippen LogP contribution in [0.25, 0.3) is 0 Å². The summed E-state index contributed by atoms with van der Waals surface area (Å²) < 4.78 is 0. The fourth-order valence-corrected chi connectivity index (χ4v) is 4.29. The summed E-state index contributed by atoms with van der Waals surface area (Å²) >= 11 is 0. The van der Waals surface area contributed by atoms with Crippen molar-refractivity contribution in [1.29, 1.82) is 0 Å². The van der Waals surface area contributed by atoms with Gasteiger partial charge in [-0.25, -0.2) is 10.1 Å². The van der Waals surface area contributed by atoms with Crippen molar-refractivity contribution in [3.05, 3.63) is 142 Å². The van der Waals surface area contributed by atoms with Crippen LogP contribution in [-0.2, 0) is 15.5 Å². The first-order valence-corrected chi connectivity index (χ1v) is 10.4. The van der Waals surface area contributed by atoms with E-state index in [0.29, 0.717) is 11.4 Å². The number of benzene rings is 4. The molecule has 0 amide bonds. The van der Waals surface area contributed by atoms with Gasteiger partial charge in [0, 0.05) is 5.56 Å². The molecular weight excluding hydrogens is 418 g/mol. The van der Waals surface area contributed by atoms with Crippen molar-refractivity contribution >= 4 is 17.1 Å². The lowest BCUT2D eigenvalue weighted by Gasteiger charge is -2.38. The topological polar surface area (TPSA) is 77.2 Å². The Kier molecular flexibility index (Phi) is 5.30. The Morgan fingerprint density at radius 1 is 0.727 bits per heavy atom. The number of anilines is 1. The lowest BCUT2D eigenvalue weighted by Crippen LogP contribution is -2.49. The van der Waals surface area contributed by atoms with E-state index < -0.39 is 10.6 Å². The van der Waals surface area contributed by atoms with Gasteiger partial charge in [-0.15, -0.1) is 15.1 Å². The number of aliphatic imine (C=N–C) groups is 1. The molecule has 4 aromatic rings. The van der Waals surface area contributed by atoms with Crippen LogP contribution < -0.4 is 5.06 Å². The molecule has 1 aliphatic rings. The van der Waals surface area contributed by atoms with Crippen LogP contribution in [0.1, 0.15) is 16.7 Å². The molecule has 0 aliphatic carbocycles. The van der Waals surface area contributed by atoms with Crippen molar-refractivity contribution in [2.75, 3.05) is 5.06 Å². The normalized spacial score (nSPS) is 15.3. The highest BCUT2D eigenvalue weighted by molar-refractivity contribution is 6.19. The molecule has 0 bridgehead atoms. The molecule has 1 heterocycles. The second-order valence-electron chi connectivity index (χ2n) is 7.42. The monoisotopic (exact) mass is 437 g/mol. The van der Waals surface area contributed by atoms with Gasteiger partial charge < -0.3 is 0 Å². The zero-order valence-corrected chi connectivity index (χ0v) is 17.4. The van der Waals surface area contributed by atoms with Crippen LogP contribution in [0.5, 0.6) is 0 Å². The number of para-hydroxylation sites is 2. The van der Waals surface area contributed by atoms with Gasteiger partial charge in [0.25, 0.3) is 0 Å². The summed E-state index contributed by atoms with van der Waals surface area (Å²) in [5.74, 6) is 0. The molecule has 0 saturated heterocycles. The predicted molar refractivity (Wildman–Crippen MR) is 124 cm³/mol. The first-order chi connectivity index (χ1) is 16.2. The quantitative estimate of drug-likeness (QED) is 0.222. The highest BCUT2D eigenvalue weighted by atomic mass is 17.4. The Labute approximate surface area is 190 Å². The summed E-state index contributed by atoms with van der Waals surface area (Å²) in [4.78, 5) is 26.1. The summed E-state index contributed by atoms with van der Waals surface area (Å²) in [6.07, 6.45) is 0. The molecule has 4 aromatic carbocycles. The molecule has 7 heteroatoms. The maximum Gasteiger partial charge on any atom is 0.324 e. The summed E-state index contributed by atoms with van der Waals surface area (Å²) in [5.41, 5.74) is 3.26. The number of fused-ring (bicyclic) bond motifs is 1. The SMILES string of the molecule is O=[N+]([O-])OON1c2ccccc2C(=Nc2ccccc2)C1(c1ccccc1)c1ccccc1. The van der Waals surface area contributed by atoms with Gasteiger partial charge in [-0.3, -0.25) is 0 Å². The average Bonchev–Trinajstić information content (AvgIpc) is 3.14. The van der Waals surface area contributed by atoms with Crippen molar-refractivity contribution in [1.82, 2.24) is 0 Å². The molecule has 7 nitrogen and oxygen atoms in total. The van der Waals surface area contributed by atoms with E-state index in [0.717, 1.165) is 22.4 Å². The third-order valence-electron chi connectivity index (χ3n) is 5.57. The second-order valence-corrected chi connectivity index (χ2v) is 7.42. The molecule has 0 atom stereocenters. The number of hydrogen-bond acceptors (Lipinski definition) is 6. The molecule has 5 rings (SSSR count). The van der Waals surface area contributed by atoms with Crippen LogP contribution >= 0.6 is 0 Å². The summed E-state index contributed by atoms with van der Waals surface area (Å²) in [6, 6.07) is 36.3. The van der Waals surface area contributed by atoms with Crippen LogP contribution in [0.4, 0.5) is 11.4 Å². The molecule has 0 spiro atoms. The molecule has 1 aliphatic heterocycles. The first kappa shape index (κ1) is 20.4. The molecular formula is C26H19N3O4. The molecule has 0 aromatic heterocycles. The molecule has 0 N–H and O–H groups in total.